The fraction of sp³-hybridized carbons (Fsp3) is 0.667. The predicted molar refractivity (Wildman–Crippen MR) is 113 cm³/mol. The SMILES string of the molecule is CN(C)S(=O)(=O)c1ccc(N2CCCCC2)c(C(=O)NC2CCCC(C(F)(F)F)C2)c1. The highest BCUT2D eigenvalue weighted by molar-refractivity contribution is 7.89. The van der Waals surface area contributed by atoms with Crippen LogP contribution in [0.5, 0.6) is 0 Å². The monoisotopic (exact) mass is 461 g/mol. The van der Waals surface area contributed by atoms with E-state index in [9.17, 15) is 26.4 Å². The van der Waals surface area contributed by atoms with Crippen molar-refractivity contribution in [3.8, 4) is 0 Å². The largest absolute Gasteiger partial charge is 0.391 e. The van der Waals surface area contributed by atoms with Gasteiger partial charge in [-0.25, -0.2) is 12.7 Å². The number of carbonyl (C=O) groups excluding carboxylic acids is 1. The molecule has 1 aliphatic heterocycles. The van der Waals surface area contributed by atoms with E-state index in [4.69, 9.17) is 0 Å². The maximum absolute atomic E-state index is 13.2. The molecule has 1 heterocycles. The first-order valence-corrected chi connectivity index (χ1v) is 12.1. The van der Waals surface area contributed by atoms with Crippen LogP contribution in [-0.4, -0.2) is 58.0 Å². The van der Waals surface area contributed by atoms with E-state index in [-0.39, 0.29) is 23.3 Å². The fourth-order valence-corrected chi connectivity index (χ4v) is 5.29. The van der Waals surface area contributed by atoms with Gasteiger partial charge in [-0.1, -0.05) is 6.42 Å². The molecule has 1 aromatic carbocycles. The first kappa shape index (κ1) is 23.8. The number of halogens is 3. The van der Waals surface area contributed by atoms with Gasteiger partial charge in [0.15, 0.2) is 0 Å². The predicted octanol–water partition coefficient (Wildman–Crippen LogP) is 3.78. The van der Waals surface area contributed by atoms with E-state index in [1.54, 1.807) is 6.07 Å². The van der Waals surface area contributed by atoms with Crippen LogP contribution in [-0.2, 0) is 10.0 Å². The number of benzene rings is 1. The van der Waals surface area contributed by atoms with Crippen LogP contribution in [0.1, 0.15) is 55.3 Å². The lowest BCUT2D eigenvalue weighted by atomic mass is 9.85. The second-order valence-electron chi connectivity index (χ2n) is 8.59. The smallest absolute Gasteiger partial charge is 0.371 e. The van der Waals surface area contributed by atoms with Crippen molar-refractivity contribution in [3.05, 3.63) is 23.8 Å². The first-order valence-electron chi connectivity index (χ1n) is 10.7. The molecule has 2 aliphatic rings. The van der Waals surface area contributed by atoms with Gasteiger partial charge in [0, 0.05) is 38.9 Å². The van der Waals surface area contributed by atoms with Gasteiger partial charge in [0.25, 0.3) is 5.91 Å². The number of piperidine rings is 1. The van der Waals surface area contributed by atoms with Gasteiger partial charge >= 0.3 is 6.18 Å². The van der Waals surface area contributed by atoms with Gasteiger partial charge in [0.2, 0.25) is 10.0 Å². The summed E-state index contributed by atoms with van der Waals surface area (Å²) < 4.78 is 65.7. The molecule has 0 bridgehead atoms. The molecule has 2 atom stereocenters. The zero-order chi connectivity index (χ0) is 22.8. The molecule has 1 saturated carbocycles. The number of hydrogen-bond donors (Lipinski definition) is 1. The minimum absolute atomic E-state index is 0.0137. The van der Waals surface area contributed by atoms with E-state index >= 15 is 0 Å². The Morgan fingerprint density at radius 2 is 1.77 bits per heavy atom. The van der Waals surface area contributed by atoms with Gasteiger partial charge in [-0.05, 0) is 56.7 Å². The summed E-state index contributed by atoms with van der Waals surface area (Å²) in [5, 5.41) is 2.75. The average Bonchev–Trinajstić information content (AvgIpc) is 2.73. The standard InChI is InChI=1S/C21H30F3N3O3S/c1-26(2)31(29,30)17-9-10-19(27-11-4-3-5-12-27)18(14-17)20(28)25-16-8-6-7-15(13-16)21(22,23)24/h9-10,14-16H,3-8,11-13H2,1-2H3,(H,25,28). The third-order valence-electron chi connectivity index (χ3n) is 6.16. The fourth-order valence-electron chi connectivity index (χ4n) is 4.36. The van der Waals surface area contributed by atoms with E-state index in [0.29, 0.717) is 18.5 Å². The molecule has 2 fully saturated rings. The van der Waals surface area contributed by atoms with Crippen LogP contribution in [0.2, 0.25) is 0 Å². The third-order valence-corrected chi connectivity index (χ3v) is 7.97. The average molecular weight is 462 g/mol. The van der Waals surface area contributed by atoms with Gasteiger partial charge in [0.05, 0.1) is 16.4 Å². The Morgan fingerprint density at radius 3 is 2.39 bits per heavy atom. The van der Waals surface area contributed by atoms with E-state index in [1.807, 2.05) is 4.90 Å². The van der Waals surface area contributed by atoms with Gasteiger partial charge < -0.3 is 10.2 Å². The summed E-state index contributed by atoms with van der Waals surface area (Å²) in [7, 11) is -0.936. The van der Waals surface area contributed by atoms with E-state index in [0.717, 1.165) is 36.7 Å². The Bertz CT molecular complexity index is 897. The van der Waals surface area contributed by atoms with Gasteiger partial charge in [-0.3, -0.25) is 4.79 Å². The number of sulfonamides is 1. The van der Waals surface area contributed by atoms with E-state index in [2.05, 4.69) is 5.32 Å². The highest BCUT2D eigenvalue weighted by Gasteiger charge is 2.42. The van der Waals surface area contributed by atoms with Crippen LogP contribution in [0.3, 0.4) is 0 Å². The molecule has 6 nitrogen and oxygen atoms in total. The highest BCUT2D eigenvalue weighted by Crippen LogP contribution is 2.38. The van der Waals surface area contributed by atoms with Crippen molar-refractivity contribution in [2.45, 2.75) is 62.1 Å². The molecule has 0 aromatic heterocycles. The normalized spacial score (nSPS) is 23.1. The number of carbonyl (C=O) groups is 1. The molecule has 1 amide bonds. The first-order chi connectivity index (χ1) is 14.5. The molecule has 0 radical (unpaired) electrons. The number of anilines is 1. The molecule has 1 aromatic rings. The van der Waals surface area contributed by atoms with Crippen LogP contribution >= 0.6 is 0 Å². The maximum Gasteiger partial charge on any atom is 0.391 e. The van der Waals surface area contributed by atoms with Crippen molar-refractivity contribution in [3.63, 3.8) is 0 Å². The zero-order valence-corrected chi connectivity index (χ0v) is 18.7. The number of nitrogens with one attached hydrogen (secondary N) is 1. The molecule has 1 saturated heterocycles. The Hall–Kier alpha value is -1.81. The Labute approximate surface area is 181 Å². The molecule has 1 aliphatic carbocycles. The van der Waals surface area contributed by atoms with E-state index in [1.165, 1.54) is 26.2 Å². The second kappa shape index (κ2) is 9.36. The summed E-state index contributed by atoms with van der Waals surface area (Å²) in [6.07, 6.45) is -0.455. The number of hydrogen-bond acceptors (Lipinski definition) is 4. The molecule has 1 N–H and O–H groups in total. The topological polar surface area (TPSA) is 69.7 Å². The maximum atomic E-state index is 13.2. The molecule has 10 heteroatoms. The zero-order valence-electron chi connectivity index (χ0n) is 17.9. The van der Waals surface area contributed by atoms with Crippen molar-refractivity contribution < 1.29 is 26.4 Å². The summed E-state index contributed by atoms with van der Waals surface area (Å²) in [6.45, 7) is 1.50. The number of nitrogens with zero attached hydrogens (tertiary/aromatic N) is 2. The molecule has 2 unspecified atom stereocenters. The Balaban J connectivity index is 1.89. The summed E-state index contributed by atoms with van der Waals surface area (Å²) in [6, 6.07) is 3.88. The number of rotatable bonds is 5. The lowest BCUT2D eigenvalue weighted by Gasteiger charge is -2.33. The molecular formula is C21H30F3N3O3S. The summed E-state index contributed by atoms with van der Waals surface area (Å²) >= 11 is 0. The van der Waals surface area contributed by atoms with Gasteiger partial charge in [0.1, 0.15) is 0 Å². The van der Waals surface area contributed by atoms with Gasteiger partial charge in [-0.15, -0.1) is 0 Å². The van der Waals surface area contributed by atoms with Crippen molar-refractivity contribution in [2.75, 3.05) is 32.1 Å². The van der Waals surface area contributed by atoms with Crippen molar-refractivity contribution >= 4 is 21.6 Å². The Morgan fingerprint density at radius 1 is 1.10 bits per heavy atom. The summed E-state index contributed by atoms with van der Waals surface area (Å²) in [4.78, 5) is 15.2. The molecule has 174 valence electrons. The minimum Gasteiger partial charge on any atom is -0.371 e. The summed E-state index contributed by atoms with van der Waals surface area (Å²) in [5.41, 5.74) is 0.817. The van der Waals surface area contributed by atoms with Crippen LogP contribution < -0.4 is 10.2 Å². The third kappa shape index (κ3) is 5.52. The summed E-state index contributed by atoms with van der Waals surface area (Å²) in [5.74, 6) is -1.95. The quantitative estimate of drug-likeness (QED) is 0.725. The lowest BCUT2D eigenvalue weighted by molar-refractivity contribution is -0.183. The van der Waals surface area contributed by atoms with Gasteiger partial charge in [-0.2, -0.15) is 13.2 Å². The van der Waals surface area contributed by atoms with Crippen LogP contribution in [0, 0.1) is 5.92 Å². The van der Waals surface area contributed by atoms with E-state index < -0.39 is 34.1 Å². The highest BCUT2D eigenvalue weighted by atomic mass is 32.2. The second-order valence-corrected chi connectivity index (χ2v) is 10.7. The minimum atomic E-state index is -4.28. The Kier molecular flexibility index (Phi) is 7.20. The lowest BCUT2D eigenvalue weighted by Crippen LogP contribution is -2.42. The number of amides is 1. The van der Waals surface area contributed by atoms with Crippen LogP contribution in [0.15, 0.2) is 23.1 Å². The molecule has 3 rings (SSSR count). The van der Waals surface area contributed by atoms with Crippen molar-refractivity contribution in [1.82, 2.24) is 9.62 Å². The van der Waals surface area contributed by atoms with Crippen molar-refractivity contribution in [2.24, 2.45) is 5.92 Å². The van der Waals surface area contributed by atoms with Crippen LogP contribution in [0.4, 0.5) is 18.9 Å². The molecular weight excluding hydrogens is 431 g/mol. The number of alkyl halides is 3. The molecule has 31 heavy (non-hydrogen) atoms. The van der Waals surface area contributed by atoms with Crippen LogP contribution in [0.25, 0.3) is 0 Å². The molecule has 0 spiro atoms. The van der Waals surface area contributed by atoms with Crippen molar-refractivity contribution in [1.29, 1.82) is 0 Å².